The molecule has 1 aromatic carbocycles. The van der Waals surface area contributed by atoms with E-state index in [-0.39, 0.29) is 11.7 Å². The summed E-state index contributed by atoms with van der Waals surface area (Å²) in [5, 5.41) is 20.7. The van der Waals surface area contributed by atoms with Gasteiger partial charge in [0.2, 0.25) is 5.91 Å². The van der Waals surface area contributed by atoms with Crippen molar-refractivity contribution in [1.82, 2.24) is 5.32 Å². The highest BCUT2D eigenvalue weighted by molar-refractivity contribution is 5.93. The Kier molecular flexibility index (Phi) is 6.02. The summed E-state index contributed by atoms with van der Waals surface area (Å²) < 4.78 is 0. The predicted molar refractivity (Wildman–Crippen MR) is 87.4 cm³/mol. The molecule has 0 aromatic heterocycles. The summed E-state index contributed by atoms with van der Waals surface area (Å²) in [7, 11) is 0. The molecule has 0 aliphatic carbocycles. The van der Waals surface area contributed by atoms with Crippen molar-refractivity contribution in [3.05, 3.63) is 36.4 Å². The molecule has 1 aliphatic rings. The highest BCUT2D eigenvalue weighted by Crippen LogP contribution is 2.26. The molecule has 0 saturated carbocycles. The van der Waals surface area contributed by atoms with Gasteiger partial charge < -0.3 is 20.4 Å². The molecule has 0 atom stereocenters. The van der Waals surface area contributed by atoms with E-state index in [1.165, 1.54) is 0 Å². The minimum Gasteiger partial charge on any atom is -0.508 e. The van der Waals surface area contributed by atoms with Crippen molar-refractivity contribution in [3.63, 3.8) is 0 Å². The van der Waals surface area contributed by atoms with Crippen LogP contribution in [0.5, 0.6) is 5.75 Å². The van der Waals surface area contributed by atoms with Crippen LogP contribution < -0.4 is 10.2 Å². The van der Waals surface area contributed by atoms with Crippen molar-refractivity contribution < 1.29 is 19.8 Å². The van der Waals surface area contributed by atoms with Crippen LogP contribution in [-0.2, 0) is 9.59 Å². The number of phenols is 1. The predicted octanol–water partition coefficient (Wildman–Crippen LogP) is 1.76. The van der Waals surface area contributed by atoms with E-state index in [1.807, 2.05) is 12.1 Å². The van der Waals surface area contributed by atoms with E-state index in [1.54, 1.807) is 12.1 Å². The van der Waals surface area contributed by atoms with E-state index in [9.17, 15) is 14.7 Å². The van der Waals surface area contributed by atoms with Gasteiger partial charge in [0, 0.05) is 43.5 Å². The van der Waals surface area contributed by atoms with Crippen LogP contribution in [0.1, 0.15) is 19.3 Å². The number of piperidine rings is 1. The Morgan fingerprint density at radius 2 is 2.00 bits per heavy atom. The van der Waals surface area contributed by atoms with Gasteiger partial charge in [0.1, 0.15) is 5.75 Å². The zero-order valence-corrected chi connectivity index (χ0v) is 12.9. The normalized spacial score (nSPS) is 15.7. The fourth-order valence-electron chi connectivity index (χ4n) is 2.77. The number of aliphatic carboxylic acids is 1. The molecule has 0 unspecified atom stereocenters. The van der Waals surface area contributed by atoms with Crippen molar-refractivity contribution in [2.75, 3.05) is 24.5 Å². The first kappa shape index (κ1) is 16.9. The number of hydrogen-bond acceptors (Lipinski definition) is 4. The smallest absolute Gasteiger partial charge is 0.328 e. The van der Waals surface area contributed by atoms with Gasteiger partial charge in [-0.3, -0.25) is 4.79 Å². The Balaban J connectivity index is 1.69. The van der Waals surface area contributed by atoms with Crippen LogP contribution in [0.15, 0.2) is 36.4 Å². The van der Waals surface area contributed by atoms with Gasteiger partial charge in [-0.1, -0.05) is 6.07 Å². The van der Waals surface area contributed by atoms with Crippen molar-refractivity contribution in [2.45, 2.75) is 19.3 Å². The lowest BCUT2D eigenvalue weighted by molar-refractivity contribution is -0.131. The molecule has 1 heterocycles. The molecule has 1 aliphatic heterocycles. The van der Waals surface area contributed by atoms with Crippen LogP contribution in [0, 0.1) is 5.92 Å². The van der Waals surface area contributed by atoms with E-state index in [2.05, 4.69) is 10.2 Å². The molecular weight excluding hydrogens is 296 g/mol. The van der Waals surface area contributed by atoms with Gasteiger partial charge in [0.15, 0.2) is 0 Å². The number of carbonyl (C=O) groups excluding carboxylic acids is 1. The zero-order valence-electron chi connectivity index (χ0n) is 12.9. The highest BCUT2D eigenvalue weighted by Gasteiger charge is 2.19. The van der Waals surface area contributed by atoms with Crippen molar-refractivity contribution in [2.24, 2.45) is 5.92 Å². The first-order chi connectivity index (χ1) is 11.0. The average molecular weight is 318 g/mol. The summed E-state index contributed by atoms with van der Waals surface area (Å²) in [6.07, 6.45) is 4.84. The molecule has 124 valence electrons. The van der Waals surface area contributed by atoms with Crippen LogP contribution in [0.3, 0.4) is 0 Å². The number of carboxylic acids is 1. The Labute approximate surface area is 135 Å². The number of carboxylic acid groups (broad SMARTS) is 1. The summed E-state index contributed by atoms with van der Waals surface area (Å²) in [5.74, 6) is -0.668. The molecule has 6 heteroatoms. The minimum atomic E-state index is -1.13. The summed E-state index contributed by atoms with van der Waals surface area (Å²) in [6, 6.07) is 7.28. The van der Waals surface area contributed by atoms with Crippen molar-refractivity contribution in [3.8, 4) is 5.75 Å². The molecule has 0 radical (unpaired) electrons. The number of nitrogens with zero attached hydrogens (tertiary/aromatic N) is 1. The van der Waals surface area contributed by atoms with Gasteiger partial charge in [-0.15, -0.1) is 0 Å². The molecule has 0 bridgehead atoms. The molecule has 2 rings (SSSR count). The number of phenolic OH excluding ortho intramolecular Hbond substituents is 1. The van der Waals surface area contributed by atoms with E-state index >= 15 is 0 Å². The maximum absolute atomic E-state index is 11.4. The lowest BCUT2D eigenvalue weighted by Gasteiger charge is -2.33. The van der Waals surface area contributed by atoms with Gasteiger partial charge in [0.05, 0.1) is 0 Å². The number of aromatic hydroxyl groups is 1. The van der Waals surface area contributed by atoms with Crippen LogP contribution in [0.4, 0.5) is 5.69 Å². The van der Waals surface area contributed by atoms with E-state index in [4.69, 9.17) is 5.11 Å². The summed E-state index contributed by atoms with van der Waals surface area (Å²) in [5.41, 5.74) is 1.04. The van der Waals surface area contributed by atoms with E-state index in [0.717, 1.165) is 50.2 Å². The van der Waals surface area contributed by atoms with Gasteiger partial charge >= 0.3 is 5.97 Å². The standard InChI is InChI=1S/C17H22N2O4/c20-15-3-1-2-14(12-15)19-10-7-13(8-11-19)6-9-18-16(21)4-5-17(22)23/h1-5,12-13,20H,6-11H2,(H,18,21)(H,22,23)/b5-4-. The fourth-order valence-corrected chi connectivity index (χ4v) is 2.77. The molecule has 1 amide bonds. The largest absolute Gasteiger partial charge is 0.508 e. The number of carbonyl (C=O) groups is 2. The molecule has 1 aromatic rings. The Bertz CT molecular complexity index is 578. The minimum absolute atomic E-state index is 0.279. The monoisotopic (exact) mass is 318 g/mol. The number of hydrogen-bond donors (Lipinski definition) is 3. The van der Waals surface area contributed by atoms with Gasteiger partial charge in [0.25, 0.3) is 0 Å². The molecule has 6 nitrogen and oxygen atoms in total. The number of anilines is 1. The Morgan fingerprint density at radius 3 is 2.65 bits per heavy atom. The lowest BCUT2D eigenvalue weighted by atomic mass is 9.93. The Hall–Kier alpha value is -2.50. The molecular formula is C17H22N2O4. The van der Waals surface area contributed by atoms with Gasteiger partial charge in [-0.2, -0.15) is 0 Å². The third-order valence-electron chi connectivity index (χ3n) is 4.04. The second kappa shape index (κ2) is 8.22. The van der Waals surface area contributed by atoms with Crippen LogP contribution in [0.25, 0.3) is 0 Å². The second-order valence-corrected chi connectivity index (χ2v) is 5.70. The Morgan fingerprint density at radius 1 is 1.26 bits per heavy atom. The molecule has 1 fully saturated rings. The number of benzene rings is 1. The number of rotatable bonds is 6. The molecule has 23 heavy (non-hydrogen) atoms. The second-order valence-electron chi connectivity index (χ2n) is 5.70. The maximum atomic E-state index is 11.4. The lowest BCUT2D eigenvalue weighted by Crippen LogP contribution is -2.35. The van der Waals surface area contributed by atoms with Crippen LogP contribution in [-0.4, -0.2) is 41.7 Å². The molecule has 3 N–H and O–H groups in total. The van der Waals surface area contributed by atoms with Gasteiger partial charge in [-0.25, -0.2) is 4.79 Å². The SMILES string of the molecule is O=C(O)/C=C\C(=O)NCCC1CCN(c2cccc(O)c2)CC1. The maximum Gasteiger partial charge on any atom is 0.328 e. The zero-order chi connectivity index (χ0) is 16.7. The quantitative estimate of drug-likeness (QED) is 0.695. The highest BCUT2D eigenvalue weighted by atomic mass is 16.4. The first-order valence-electron chi connectivity index (χ1n) is 7.77. The summed E-state index contributed by atoms with van der Waals surface area (Å²) in [6.45, 7) is 2.42. The summed E-state index contributed by atoms with van der Waals surface area (Å²) >= 11 is 0. The van der Waals surface area contributed by atoms with Crippen LogP contribution in [0.2, 0.25) is 0 Å². The van der Waals surface area contributed by atoms with Gasteiger partial charge in [-0.05, 0) is 37.3 Å². The number of amides is 1. The van der Waals surface area contributed by atoms with E-state index < -0.39 is 5.97 Å². The first-order valence-corrected chi connectivity index (χ1v) is 7.77. The molecule has 1 saturated heterocycles. The van der Waals surface area contributed by atoms with Crippen LogP contribution >= 0.6 is 0 Å². The third kappa shape index (κ3) is 5.65. The van der Waals surface area contributed by atoms with Crippen molar-refractivity contribution >= 4 is 17.6 Å². The number of nitrogens with one attached hydrogen (secondary N) is 1. The average Bonchev–Trinajstić information content (AvgIpc) is 2.53. The van der Waals surface area contributed by atoms with Crippen molar-refractivity contribution in [1.29, 1.82) is 0 Å². The topological polar surface area (TPSA) is 89.9 Å². The summed E-state index contributed by atoms with van der Waals surface area (Å²) in [4.78, 5) is 23.9. The van der Waals surface area contributed by atoms with E-state index in [0.29, 0.717) is 12.5 Å². The third-order valence-corrected chi connectivity index (χ3v) is 4.04. The fraction of sp³-hybridized carbons (Fsp3) is 0.412. The molecule has 0 spiro atoms.